The third kappa shape index (κ3) is 2.56. The van der Waals surface area contributed by atoms with Crippen LogP contribution in [0.3, 0.4) is 0 Å². The summed E-state index contributed by atoms with van der Waals surface area (Å²) in [5.74, 6) is 0.887. The number of para-hydroxylation sites is 1. The van der Waals surface area contributed by atoms with Crippen molar-refractivity contribution in [2.24, 2.45) is 0 Å². The number of fused-ring (bicyclic) bond motifs is 1. The van der Waals surface area contributed by atoms with E-state index in [2.05, 4.69) is 34.3 Å². The normalized spacial score (nSPS) is 12.7. The third-order valence-corrected chi connectivity index (χ3v) is 3.23. The van der Waals surface area contributed by atoms with E-state index in [1.54, 1.807) is 12.5 Å². The van der Waals surface area contributed by atoms with Crippen molar-refractivity contribution >= 4 is 11.0 Å². The molecule has 3 aromatic rings. The Morgan fingerprint density at radius 3 is 2.90 bits per heavy atom. The van der Waals surface area contributed by atoms with Gasteiger partial charge in [-0.25, -0.2) is 9.97 Å². The molecular formula is C16H17N3O. The highest BCUT2D eigenvalue weighted by molar-refractivity contribution is 5.77. The maximum absolute atomic E-state index is 5.96. The van der Waals surface area contributed by atoms with Crippen molar-refractivity contribution in [3.63, 3.8) is 0 Å². The van der Waals surface area contributed by atoms with E-state index in [0.29, 0.717) is 0 Å². The minimum absolute atomic E-state index is 0.0367. The maximum atomic E-state index is 5.96. The summed E-state index contributed by atoms with van der Waals surface area (Å²) in [6, 6.07) is 12.0. The average molecular weight is 267 g/mol. The minimum atomic E-state index is -0.0367. The number of furan rings is 1. The number of benzene rings is 1. The zero-order valence-electron chi connectivity index (χ0n) is 11.4. The first-order valence-electron chi connectivity index (χ1n) is 6.86. The van der Waals surface area contributed by atoms with Crippen LogP contribution < -0.4 is 5.32 Å². The van der Waals surface area contributed by atoms with Crippen LogP contribution in [0.2, 0.25) is 0 Å². The summed E-state index contributed by atoms with van der Waals surface area (Å²) in [6.07, 6.45) is 4.38. The fraction of sp³-hybridized carbons (Fsp3) is 0.250. The molecule has 2 heterocycles. The molecule has 0 saturated carbocycles. The topological polar surface area (TPSA) is 51.0 Å². The minimum Gasteiger partial charge on any atom is -0.459 e. The van der Waals surface area contributed by atoms with Crippen molar-refractivity contribution in [2.45, 2.75) is 19.4 Å². The van der Waals surface area contributed by atoms with Gasteiger partial charge in [0.25, 0.3) is 0 Å². The first kappa shape index (κ1) is 12.8. The van der Waals surface area contributed by atoms with Gasteiger partial charge in [-0.3, -0.25) is 0 Å². The number of hydrogen-bond donors (Lipinski definition) is 1. The molecule has 4 heteroatoms. The van der Waals surface area contributed by atoms with Crippen LogP contribution in [0.15, 0.2) is 53.3 Å². The zero-order valence-corrected chi connectivity index (χ0v) is 11.4. The molecule has 20 heavy (non-hydrogen) atoms. The molecule has 102 valence electrons. The molecule has 0 aliphatic carbocycles. The van der Waals surface area contributed by atoms with Gasteiger partial charge >= 0.3 is 0 Å². The van der Waals surface area contributed by atoms with Crippen molar-refractivity contribution in [1.29, 1.82) is 0 Å². The van der Waals surface area contributed by atoms with Crippen molar-refractivity contribution in [3.05, 3.63) is 60.4 Å². The van der Waals surface area contributed by atoms with Crippen LogP contribution in [0.4, 0.5) is 0 Å². The molecule has 0 radical (unpaired) electrons. The highest BCUT2D eigenvalue weighted by atomic mass is 16.3. The molecule has 0 saturated heterocycles. The summed E-state index contributed by atoms with van der Waals surface area (Å²) >= 11 is 0. The molecule has 0 spiro atoms. The quantitative estimate of drug-likeness (QED) is 0.770. The predicted octanol–water partition coefficient (Wildman–Crippen LogP) is 3.31. The van der Waals surface area contributed by atoms with Crippen LogP contribution in [0.5, 0.6) is 0 Å². The molecule has 0 amide bonds. The van der Waals surface area contributed by atoms with Gasteiger partial charge in [-0.15, -0.1) is 0 Å². The van der Waals surface area contributed by atoms with E-state index in [1.165, 1.54) is 0 Å². The number of nitrogens with zero attached hydrogens (tertiary/aromatic N) is 2. The Kier molecular flexibility index (Phi) is 3.74. The van der Waals surface area contributed by atoms with Crippen LogP contribution in [-0.4, -0.2) is 16.5 Å². The summed E-state index contributed by atoms with van der Waals surface area (Å²) in [7, 11) is 0. The molecule has 1 N–H and O–H groups in total. The van der Waals surface area contributed by atoms with E-state index in [0.717, 1.165) is 35.4 Å². The van der Waals surface area contributed by atoms with Crippen molar-refractivity contribution in [3.8, 4) is 0 Å². The van der Waals surface area contributed by atoms with Crippen molar-refractivity contribution in [2.75, 3.05) is 6.54 Å². The van der Waals surface area contributed by atoms with Gasteiger partial charge in [0.1, 0.15) is 23.7 Å². The molecule has 0 aliphatic heterocycles. The van der Waals surface area contributed by atoms with Crippen LogP contribution in [0.25, 0.3) is 11.0 Å². The second kappa shape index (κ2) is 5.84. The summed E-state index contributed by atoms with van der Waals surface area (Å²) in [5.41, 5.74) is 1.83. The van der Waals surface area contributed by atoms with E-state index in [1.807, 2.05) is 24.3 Å². The Hall–Kier alpha value is -2.20. The fourth-order valence-electron chi connectivity index (χ4n) is 2.26. The van der Waals surface area contributed by atoms with Crippen molar-refractivity contribution < 1.29 is 4.42 Å². The molecule has 1 aromatic carbocycles. The number of nitrogens with one attached hydrogen (secondary N) is 1. The summed E-state index contributed by atoms with van der Waals surface area (Å²) < 4.78 is 5.96. The van der Waals surface area contributed by atoms with E-state index < -0.39 is 0 Å². The summed E-state index contributed by atoms with van der Waals surface area (Å²) in [6.45, 7) is 3.05. The Bertz CT molecular complexity index is 645. The second-order valence-corrected chi connectivity index (χ2v) is 4.71. The standard InChI is InChI=1S/C16H17N3O/c1-2-8-18-16(13-7-9-17-11-19-13)15-10-12-5-3-4-6-14(12)20-15/h3-7,9-11,16,18H,2,8H2,1H3. The molecule has 2 aromatic heterocycles. The van der Waals surface area contributed by atoms with E-state index in [-0.39, 0.29) is 6.04 Å². The van der Waals surface area contributed by atoms with Gasteiger partial charge in [-0.2, -0.15) is 0 Å². The van der Waals surface area contributed by atoms with Crippen LogP contribution in [0, 0.1) is 0 Å². The lowest BCUT2D eigenvalue weighted by Gasteiger charge is -2.15. The molecule has 1 atom stereocenters. The van der Waals surface area contributed by atoms with Gasteiger partial charge in [0.2, 0.25) is 0 Å². The maximum Gasteiger partial charge on any atom is 0.134 e. The molecule has 0 aliphatic rings. The summed E-state index contributed by atoms with van der Waals surface area (Å²) in [5, 5.41) is 4.59. The van der Waals surface area contributed by atoms with Gasteiger partial charge in [0.05, 0.1) is 5.69 Å². The highest BCUT2D eigenvalue weighted by Gasteiger charge is 2.18. The van der Waals surface area contributed by atoms with Crippen LogP contribution in [-0.2, 0) is 0 Å². The highest BCUT2D eigenvalue weighted by Crippen LogP contribution is 2.27. The molecule has 0 fully saturated rings. The zero-order chi connectivity index (χ0) is 13.8. The van der Waals surface area contributed by atoms with E-state index in [9.17, 15) is 0 Å². The largest absolute Gasteiger partial charge is 0.459 e. The van der Waals surface area contributed by atoms with Gasteiger partial charge in [0, 0.05) is 11.6 Å². The SMILES string of the molecule is CCCNC(c1ccncn1)c1cc2ccccc2o1. The Morgan fingerprint density at radius 2 is 2.15 bits per heavy atom. The molecule has 3 rings (SSSR count). The Labute approximate surface area is 117 Å². The molecular weight excluding hydrogens is 250 g/mol. The Balaban J connectivity index is 2.00. The monoisotopic (exact) mass is 267 g/mol. The number of aromatic nitrogens is 2. The Morgan fingerprint density at radius 1 is 1.25 bits per heavy atom. The van der Waals surface area contributed by atoms with Crippen LogP contribution in [0.1, 0.15) is 30.8 Å². The molecule has 0 bridgehead atoms. The smallest absolute Gasteiger partial charge is 0.134 e. The first-order chi connectivity index (χ1) is 9.88. The summed E-state index contributed by atoms with van der Waals surface area (Å²) in [4.78, 5) is 8.32. The van der Waals surface area contributed by atoms with Crippen LogP contribution >= 0.6 is 0 Å². The van der Waals surface area contributed by atoms with Crippen molar-refractivity contribution in [1.82, 2.24) is 15.3 Å². The van der Waals surface area contributed by atoms with Gasteiger partial charge in [-0.1, -0.05) is 25.1 Å². The van der Waals surface area contributed by atoms with E-state index >= 15 is 0 Å². The third-order valence-electron chi connectivity index (χ3n) is 3.23. The second-order valence-electron chi connectivity index (χ2n) is 4.71. The van der Waals surface area contributed by atoms with Gasteiger partial charge in [-0.05, 0) is 31.2 Å². The first-order valence-corrected chi connectivity index (χ1v) is 6.86. The average Bonchev–Trinajstić information content (AvgIpc) is 2.92. The lowest BCUT2D eigenvalue weighted by atomic mass is 10.1. The lowest BCUT2D eigenvalue weighted by Crippen LogP contribution is -2.23. The van der Waals surface area contributed by atoms with E-state index in [4.69, 9.17) is 4.42 Å². The molecule has 4 nitrogen and oxygen atoms in total. The van der Waals surface area contributed by atoms with Gasteiger partial charge in [0.15, 0.2) is 0 Å². The lowest BCUT2D eigenvalue weighted by molar-refractivity contribution is 0.463. The van der Waals surface area contributed by atoms with Gasteiger partial charge < -0.3 is 9.73 Å². The number of hydrogen-bond acceptors (Lipinski definition) is 4. The predicted molar refractivity (Wildman–Crippen MR) is 78.4 cm³/mol. The fourth-order valence-corrected chi connectivity index (χ4v) is 2.26. The molecule has 1 unspecified atom stereocenters. The number of rotatable bonds is 5.